The molecule has 14 heteroatoms. The molecule has 0 aromatic rings. The van der Waals surface area contributed by atoms with Crippen LogP contribution in [0.1, 0.15) is 38.5 Å². The average molecular weight is 544 g/mol. The molecule has 2 fully saturated rings. The first-order valence-corrected chi connectivity index (χ1v) is 13.0. The fourth-order valence-corrected chi connectivity index (χ4v) is 4.19. The van der Waals surface area contributed by atoms with Gasteiger partial charge in [-0.05, 0) is 25.0 Å². The van der Waals surface area contributed by atoms with Gasteiger partial charge in [-0.25, -0.2) is 0 Å². The average Bonchev–Trinajstić information content (AvgIpc) is 2.88. The van der Waals surface area contributed by atoms with Crippen LogP contribution in [0.4, 0.5) is 0 Å². The van der Waals surface area contributed by atoms with Crippen molar-refractivity contribution in [2.24, 2.45) is 0 Å². The van der Waals surface area contributed by atoms with Crippen LogP contribution in [-0.4, -0.2) is 135 Å². The summed E-state index contributed by atoms with van der Waals surface area (Å²) in [6.45, 7) is -0.469. The number of amides is 1. The third-order valence-corrected chi connectivity index (χ3v) is 6.51. The van der Waals surface area contributed by atoms with Gasteiger partial charge in [0.1, 0.15) is 48.8 Å². The van der Waals surface area contributed by atoms with Crippen LogP contribution < -0.4 is 5.32 Å². The fraction of sp³-hybridized carbons (Fsp3) is 0.955. The second kappa shape index (κ2) is 16.4. The summed E-state index contributed by atoms with van der Waals surface area (Å²) in [5, 5.41) is 72.9. The van der Waals surface area contributed by atoms with E-state index in [1.165, 1.54) is 0 Å². The lowest BCUT2D eigenvalue weighted by Gasteiger charge is -2.45. The number of unbranched alkanes of at least 4 members (excludes halogenated alkanes) is 3. The minimum atomic E-state index is -1.72. The van der Waals surface area contributed by atoms with Gasteiger partial charge in [0, 0.05) is 19.6 Å². The van der Waals surface area contributed by atoms with E-state index in [0.29, 0.717) is 25.1 Å². The highest BCUT2D eigenvalue weighted by Crippen LogP contribution is 2.29. The van der Waals surface area contributed by atoms with Gasteiger partial charge >= 0.3 is 0 Å². The molecule has 2 heterocycles. The van der Waals surface area contributed by atoms with E-state index in [1.54, 1.807) is 0 Å². The highest BCUT2D eigenvalue weighted by Gasteiger charge is 2.50. The molecule has 2 aliphatic rings. The third-order valence-electron chi connectivity index (χ3n) is 6.20. The first-order valence-electron chi connectivity index (χ1n) is 12.3. The van der Waals surface area contributed by atoms with E-state index in [2.05, 4.69) is 17.9 Å². The van der Waals surface area contributed by atoms with Crippen LogP contribution in [0, 0.1) is 0 Å². The van der Waals surface area contributed by atoms with Gasteiger partial charge in [-0.1, -0.05) is 12.8 Å². The highest BCUT2D eigenvalue weighted by molar-refractivity contribution is 7.80. The Labute approximate surface area is 215 Å². The minimum Gasteiger partial charge on any atom is -0.394 e. The van der Waals surface area contributed by atoms with E-state index >= 15 is 0 Å². The van der Waals surface area contributed by atoms with Gasteiger partial charge in [0.05, 0.1) is 13.2 Å². The van der Waals surface area contributed by atoms with Gasteiger partial charge in [-0.2, -0.15) is 12.6 Å². The number of rotatable bonds is 15. The molecule has 0 unspecified atom stereocenters. The second-order valence-corrected chi connectivity index (χ2v) is 9.41. The molecule has 8 N–H and O–H groups in total. The van der Waals surface area contributed by atoms with Gasteiger partial charge in [0.25, 0.3) is 0 Å². The van der Waals surface area contributed by atoms with Gasteiger partial charge in [0.15, 0.2) is 12.6 Å². The van der Waals surface area contributed by atoms with Crippen LogP contribution in [0.15, 0.2) is 0 Å². The van der Waals surface area contributed by atoms with E-state index in [9.17, 15) is 40.5 Å². The molecule has 0 spiro atoms. The summed E-state index contributed by atoms with van der Waals surface area (Å²) in [6, 6.07) is 0. The Kier molecular flexibility index (Phi) is 14.4. The Bertz CT molecular complexity index is 630. The molecule has 2 saturated heterocycles. The first kappa shape index (κ1) is 31.6. The largest absolute Gasteiger partial charge is 0.394 e. The van der Waals surface area contributed by atoms with E-state index in [-0.39, 0.29) is 12.5 Å². The summed E-state index contributed by atoms with van der Waals surface area (Å²) in [6.07, 6.45) is -10.4. The highest BCUT2D eigenvalue weighted by atomic mass is 32.1. The minimum absolute atomic E-state index is 0.0154. The van der Waals surface area contributed by atoms with E-state index in [0.717, 1.165) is 25.7 Å². The van der Waals surface area contributed by atoms with Crippen molar-refractivity contribution in [2.45, 2.75) is 99.9 Å². The van der Waals surface area contributed by atoms with Crippen LogP contribution in [0.2, 0.25) is 0 Å². The molecule has 1 amide bonds. The van der Waals surface area contributed by atoms with Crippen molar-refractivity contribution >= 4 is 18.5 Å². The van der Waals surface area contributed by atoms with Crippen molar-refractivity contribution in [1.29, 1.82) is 0 Å². The van der Waals surface area contributed by atoms with Crippen molar-refractivity contribution < 1.29 is 59.5 Å². The molecule has 0 bridgehead atoms. The molecule has 10 atom stereocenters. The van der Waals surface area contributed by atoms with E-state index in [4.69, 9.17) is 18.9 Å². The van der Waals surface area contributed by atoms with Crippen molar-refractivity contribution in [3.8, 4) is 0 Å². The number of nitrogens with one attached hydrogen (secondary N) is 1. The number of hydrogen-bond acceptors (Lipinski definition) is 13. The predicted molar refractivity (Wildman–Crippen MR) is 127 cm³/mol. The zero-order valence-corrected chi connectivity index (χ0v) is 21.1. The van der Waals surface area contributed by atoms with E-state index < -0.39 is 74.6 Å². The molecule has 36 heavy (non-hydrogen) atoms. The third kappa shape index (κ3) is 8.99. The molecular formula is C22H41NO12S. The van der Waals surface area contributed by atoms with Crippen molar-refractivity contribution in [3.05, 3.63) is 0 Å². The van der Waals surface area contributed by atoms with Gasteiger partial charge < -0.3 is 60.0 Å². The summed E-state index contributed by atoms with van der Waals surface area (Å²) in [5.41, 5.74) is 0. The maximum Gasteiger partial charge on any atom is 0.220 e. The SMILES string of the molecule is O=C(CCCS)NCCCCCCO[C@@H]1O[C@H](CO)[C@@H](O[C@@H]2O[C@H](CO)[C@H](O)[C@H](O)[C@H]2O)[C@H](O)[C@H]1O. The lowest BCUT2D eigenvalue weighted by molar-refractivity contribution is -0.359. The Morgan fingerprint density at radius 2 is 1.42 bits per heavy atom. The summed E-state index contributed by atoms with van der Waals surface area (Å²) in [7, 11) is 0. The zero-order chi connectivity index (χ0) is 26.7. The molecular weight excluding hydrogens is 502 g/mol. The van der Waals surface area contributed by atoms with Gasteiger partial charge in [-0.15, -0.1) is 0 Å². The molecule has 0 aliphatic carbocycles. The maximum absolute atomic E-state index is 11.5. The summed E-state index contributed by atoms with van der Waals surface area (Å²) >= 11 is 4.07. The van der Waals surface area contributed by atoms with Crippen LogP contribution in [-0.2, 0) is 23.7 Å². The maximum atomic E-state index is 11.5. The lowest BCUT2D eigenvalue weighted by atomic mass is 9.97. The number of hydrogen-bond donors (Lipinski definition) is 9. The molecule has 0 aromatic carbocycles. The van der Waals surface area contributed by atoms with E-state index in [1.807, 2.05) is 0 Å². The predicted octanol–water partition coefficient (Wildman–Crippen LogP) is -2.99. The first-order chi connectivity index (χ1) is 17.2. The molecule has 0 radical (unpaired) electrons. The number of ether oxygens (including phenoxy) is 4. The second-order valence-electron chi connectivity index (χ2n) is 8.97. The number of carbonyl (C=O) groups is 1. The smallest absolute Gasteiger partial charge is 0.220 e. The number of aliphatic hydroxyl groups excluding tert-OH is 7. The zero-order valence-electron chi connectivity index (χ0n) is 20.2. The monoisotopic (exact) mass is 543 g/mol. The van der Waals surface area contributed by atoms with Crippen LogP contribution in [0.25, 0.3) is 0 Å². The molecule has 2 aliphatic heterocycles. The van der Waals surface area contributed by atoms with Gasteiger partial charge in [-0.3, -0.25) is 4.79 Å². The number of aliphatic hydroxyl groups is 7. The Morgan fingerprint density at radius 3 is 2.08 bits per heavy atom. The molecule has 0 saturated carbocycles. The van der Waals surface area contributed by atoms with Crippen LogP contribution >= 0.6 is 12.6 Å². The van der Waals surface area contributed by atoms with Crippen molar-refractivity contribution in [2.75, 3.05) is 32.1 Å². The topological polar surface area (TPSA) is 208 Å². The number of carbonyl (C=O) groups excluding carboxylic acids is 1. The standard InChI is InChI=1S/C22H41NO12S/c24-10-12-15(27)16(28)18(30)22(33-12)35-20-13(11-25)34-21(19(31)17(20)29)32-8-4-2-1-3-7-23-14(26)6-5-9-36/h12-13,15-22,24-25,27-31,36H,1-11H2,(H,23,26)/t12-,13-,15+,16+,17-,18-,19-,20-,21-,22+/m1/s1. The van der Waals surface area contributed by atoms with Crippen molar-refractivity contribution in [1.82, 2.24) is 5.32 Å². The molecule has 0 aromatic heterocycles. The summed E-state index contributed by atoms with van der Waals surface area (Å²) in [5.74, 6) is 0.691. The molecule has 212 valence electrons. The van der Waals surface area contributed by atoms with Gasteiger partial charge in [0.2, 0.25) is 5.91 Å². The normalized spacial score (nSPS) is 37.1. The molecule has 2 rings (SSSR count). The Morgan fingerprint density at radius 1 is 0.778 bits per heavy atom. The molecule has 13 nitrogen and oxygen atoms in total. The summed E-state index contributed by atoms with van der Waals surface area (Å²) in [4.78, 5) is 11.5. The number of thiol groups is 1. The Hall–Kier alpha value is -0.620. The quantitative estimate of drug-likeness (QED) is 0.0749. The van der Waals surface area contributed by atoms with Crippen LogP contribution in [0.5, 0.6) is 0 Å². The fourth-order valence-electron chi connectivity index (χ4n) is 4.03. The lowest BCUT2D eigenvalue weighted by Crippen LogP contribution is -2.64. The van der Waals surface area contributed by atoms with Crippen molar-refractivity contribution in [3.63, 3.8) is 0 Å². The van der Waals surface area contributed by atoms with Crippen LogP contribution in [0.3, 0.4) is 0 Å². The Balaban J connectivity index is 1.75. The summed E-state index contributed by atoms with van der Waals surface area (Å²) < 4.78 is 21.9.